The van der Waals surface area contributed by atoms with Gasteiger partial charge in [-0.05, 0) is 35.1 Å². The highest BCUT2D eigenvalue weighted by Gasteiger charge is 2.31. The molecule has 2 aromatic carbocycles. The average molecular weight is 390 g/mol. The van der Waals surface area contributed by atoms with Gasteiger partial charge in [0.15, 0.2) is 0 Å². The Morgan fingerprint density at radius 3 is 2.63 bits per heavy atom. The summed E-state index contributed by atoms with van der Waals surface area (Å²) < 4.78 is 0. The first-order chi connectivity index (χ1) is 12.5. The van der Waals surface area contributed by atoms with E-state index in [1.54, 1.807) is 0 Å². The second kappa shape index (κ2) is 9.20. The number of halogens is 1. The quantitative estimate of drug-likeness (QED) is 0.825. The SMILES string of the molecule is CC(C)[C@H](N)C(=O)NCC(=O)N1CCCC1c1cccc2ccccc12.Cl. The fourth-order valence-corrected chi connectivity index (χ4v) is 3.61. The van der Waals surface area contributed by atoms with Gasteiger partial charge in [-0.15, -0.1) is 12.4 Å². The minimum Gasteiger partial charge on any atom is -0.346 e. The van der Waals surface area contributed by atoms with Crippen LogP contribution in [0.1, 0.15) is 38.3 Å². The molecule has 2 atom stereocenters. The first-order valence-electron chi connectivity index (χ1n) is 9.29. The van der Waals surface area contributed by atoms with Crippen LogP contribution < -0.4 is 11.1 Å². The summed E-state index contributed by atoms with van der Waals surface area (Å²) in [6.45, 7) is 4.51. The van der Waals surface area contributed by atoms with Crippen LogP contribution in [-0.2, 0) is 9.59 Å². The van der Waals surface area contributed by atoms with Crippen molar-refractivity contribution < 1.29 is 9.59 Å². The highest BCUT2D eigenvalue weighted by atomic mass is 35.5. The van der Waals surface area contributed by atoms with Crippen LogP contribution in [0.2, 0.25) is 0 Å². The Balaban J connectivity index is 0.00000261. The number of amides is 2. The lowest BCUT2D eigenvalue weighted by Gasteiger charge is -2.26. The molecule has 146 valence electrons. The Morgan fingerprint density at radius 1 is 1.19 bits per heavy atom. The van der Waals surface area contributed by atoms with Crippen LogP contribution in [0.15, 0.2) is 42.5 Å². The highest BCUT2D eigenvalue weighted by molar-refractivity contribution is 5.89. The van der Waals surface area contributed by atoms with Crippen LogP contribution in [0, 0.1) is 5.92 Å². The molecule has 1 aliphatic heterocycles. The molecule has 0 saturated carbocycles. The van der Waals surface area contributed by atoms with E-state index in [9.17, 15) is 9.59 Å². The molecule has 0 bridgehead atoms. The average Bonchev–Trinajstić information content (AvgIpc) is 3.14. The van der Waals surface area contributed by atoms with E-state index in [0.717, 1.165) is 19.4 Å². The molecule has 1 unspecified atom stereocenters. The molecule has 3 rings (SSSR count). The summed E-state index contributed by atoms with van der Waals surface area (Å²) in [6.07, 6.45) is 1.91. The summed E-state index contributed by atoms with van der Waals surface area (Å²) in [5.74, 6) is -0.278. The van der Waals surface area contributed by atoms with Crippen molar-refractivity contribution in [1.82, 2.24) is 10.2 Å². The lowest BCUT2D eigenvalue weighted by atomic mass is 9.97. The third-order valence-electron chi connectivity index (χ3n) is 5.19. The lowest BCUT2D eigenvalue weighted by Crippen LogP contribution is -2.47. The molecule has 2 amide bonds. The third-order valence-corrected chi connectivity index (χ3v) is 5.19. The van der Waals surface area contributed by atoms with E-state index in [2.05, 4.69) is 29.6 Å². The maximum absolute atomic E-state index is 12.7. The van der Waals surface area contributed by atoms with Gasteiger partial charge in [0.25, 0.3) is 0 Å². The van der Waals surface area contributed by atoms with Gasteiger partial charge in [0, 0.05) is 6.54 Å². The first-order valence-corrected chi connectivity index (χ1v) is 9.29. The predicted octanol–water partition coefficient (Wildman–Crippen LogP) is 3.02. The van der Waals surface area contributed by atoms with Gasteiger partial charge in [-0.1, -0.05) is 56.3 Å². The molecular weight excluding hydrogens is 362 g/mol. The molecule has 3 N–H and O–H groups in total. The summed E-state index contributed by atoms with van der Waals surface area (Å²) >= 11 is 0. The first kappa shape index (κ1) is 21.2. The molecule has 1 saturated heterocycles. The molecule has 0 radical (unpaired) electrons. The minimum absolute atomic E-state index is 0. The lowest BCUT2D eigenvalue weighted by molar-refractivity contribution is -0.134. The molecule has 0 aromatic heterocycles. The second-order valence-electron chi connectivity index (χ2n) is 7.30. The fourth-order valence-electron chi connectivity index (χ4n) is 3.61. The van der Waals surface area contributed by atoms with Gasteiger partial charge < -0.3 is 16.0 Å². The van der Waals surface area contributed by atoms with E-state index in [1.807, 2.05) is 36.9 Å². The summed E-state index contributed by atoms with van der Waals surface area (Å²) in [6, 6.07) is 14.0. The molecule has 2 aromatic rings. The molecule has 5 nitrogen and oxygen atoms in total. The summed E-state index contributed by atoms with van der Waals surface area (Å²) in [4.78, 5) is 26.6. The van der Waals surface area contributed by atoms with Gasteiger partial charge >= 0.3 is 0 Å². The van der Waals surface area contributed by atoms with Gasteiger partial charge in [0.1, 0.15) is 0 Å². The van der Waals surface area contributed by atoms with Crippen molar-refractivity contribution in [3.8, 4) is 0 Å². The van der Waals surface area contributed by atoms with Gasteiger partial charge in [0.2, 0.25) is 11.8 Å². The number of nitrogens with two attached hydrogens (primary N) is 1. The van der Waals surface area contributed by atoms with E-state index in [-0.39, 0.29) is 42.7 Å². The van der Waals surface area contributed by atoms with Gasteiger partial charge in [0.05, 0.1) is 18.6 Å². The highest BCUT2D eigenvalue weighted by Crippen LogP contribution is 2.35. The smallest absolute Gasteiger partial charge is 0.242 e. The van der Waals surface area contributed by atoms with Gasteiger partial charge in [-0.25, -0.2) is 0 Å². The second-order valence-corrected chi connectivity index (χ2v) is 7.30. The molecule has 27 heavy (non-hydrogen) atoms. The van der Waals surface area contributed by atoms with Crippen molar-refractivity contribution in [3.05, 3.63) is 48.0 Å². The predicted molar refractivity (Wildman–Crippen MR) is 111 cm³/mol. The summed E-state index contributed by atoms with van der Waals surface area (Å²) in [5, 5.41) is 5.06. The van der Waals surface area contributed by atoms with Crippen molar-refractivity contribution in [2.24, 2.45) is 11.7 Å². The number of rotatable bonds is 5. The van der Waals surface area contributed by atoms with Gasteiger partial charge in [-0.3, -0.25) is 9.59 Å². The Labute approximate surface area is 166 Å². The fraction of sp³-hybridized carbons (Fsp3) is 0.429. The number of benzene rings is 2. The minimum atomic E-state index is -0.588. The van der Waals surface area contributed by atoms with E-state index in [0.29, 0.717) is 0 Å². The van der Waals surface area contributed by atoms with Gasteiger partial charge in [-0.2, -0.15) is 0 Å². The summed E-state index contributed by atoms with van der Waals surface area (Å²) in [7, 11) is 0. The van der Waals surface area contributed by atoms with E-state index in [1.165, 1.54) is 16.3 Å². The Morgan fingerprint density at radius 2 is 1.89 bits per heavy atom. The number of nitrogens with one attached hydrogen (secondary N) is 1. The zero-order valence-electron chi connectivity index (χ0n) is 15.9. The van der Waals surface area contributed by atoms with Crippen LogP contribution in [0.25, 0.3) is 10.8 Å². The Kier molecular flexibility index (Phi) is 7.22. The van der Waals surface area contributed by atoms with Crippen LogP contribution in [0.3, 0.4) is 0 Å². The number of carbonyl (C=O) groups excluding carboxylic acids is 2. The maximum atomic E-state index is 12.7. The van der Waals surface area contributed by atoms with Crippen molar-refractivity contribution in [3.63, 3.8) is 0 Å². The van der Waals surface area contributed by atoms with Crippen LogP contribution in [0.5, 0.6) is 0 Å². The number of likely N-dealkylation sites (tertiary alicyclic amines) is 1. The standard InChI is InChI=1S/C21H27N3O2.ClH/c1-14(2)20(22)21(26)23-13-19(25)24-12-6-11-18(24)17-10-5-8-15-7-3-4-9-16(15)17;/h3-5,7-10,14,18,20H,6,11-13,22H2,1-2H3,(H,23,26);1H/t18?,20-;/m0./s1. The number of hydrogen-bond acceptors (Lipinski definition) is 3. The molecule has 6 heteroatoms. The number of fused-ring (bicyclic) bond motifs is 1. The largest absolute Gasteiger partial charge is 0.346 e. The Hall–Kier alpha value is -2.11. The normalized spacial score (nSPS) is 17.6. The third kappa shape index (κ3) is 4.60. The van der Waals surface area contributed by atoms with E-state index in [4.69, 9.17) is 5.73 Å². The van der Waals surface area contributed by atoms with Crippen molar-refractivity contribution >= 4 is 35.0 Å². The van der Waals surface area contributed by atoms with Crippen molar-refractivity contribution in [2.75, 3.05) is 13.1 Å². The molecule has 1 heterocycles. The monoisotopic (exact) mass is 389 g/mol. The van der Waals surface area contributed by atoms with Crippen LogP contribution >= 0.6 is 12.4 Å². The van der Waals surface area contributed by atoms with Crippen LogP contribution in [0.4, 0.5) is 0 Å². The molecule has 1 aliphatic rings. The van der Waals surface area contributed by atoms with Crippen molar-refractivity contribution in [2.45, 2.75) is 38.8 Å². The summed E-state index contributed by atoms with van der Waals surface area (Å²) in [5.41, 5.74) is 7.02. The van der Waals surface area contributed by atoms with Crippen molar-refractivity contribution in [1.29, 1.82) is 0 Å². The topological polar surface area (TPSA) is 75.4 Å². The van der Waals surface area contributed by atoms with E-state index >= 15 is 0 Å². The Bertz CT molecular complexity index is 804. The molecular formula is C21H28ClN3O2. The zero-order valence-corrected chi connectivity index (χ0v) is 16.7. The van der Waals surface area contributed by atoms with Crippen LogP contribution in [-0.4, -0.2) is 35.8 Å². The maximum Gasteiger partial charge on any atom is 0.242 e. The number of nitrogens with zero attached hydrogens (tertiary/aromatic N) is 1. The zero-order chi connectivity index (χ0) is 18.7. The van der Waals surface area contributed by atoms with E-state index < -0.39 is 6.04 Å². The number of carbonyl (C=O) groups is 2. The number of hydrogen-bond donors (Lipinski definition) is 2. The molecule has 1 fully saturated rings. The molecule has 0 aliphatic carbocycles. The molecule has 0 spiro atoms.